The summed E-state index contributed by atoms with van der Waals surface area (Å²) in [7, 11) is 1.45. The Hall–Kier alpha value is -3.08. The molecule has 0 radical (unpaired) electrons. The fourth-order valence-corrected chi connectivity index (χ4v) is 4.16. The zero-order valence-corrected chi connectivity index (χ0v) is 17.7. The molecule has 31 heavy (non-hydrogen) atoms. The number of piperazine rings is 1. The number of aryl methyl sites for hydroxylation is 1. The first-order valence-electron chi connectivity index (χ1n) is 9.53. The molecule has 0 bridgehead atoms. The van der Waals surface area contributed by atoms with Crippen LogP contribution in [0, 0.1) is 6.92 Å². The predicted octanol–water partition coefficient (Wildman–Crippen LogP) is 4.38. The second-order valence-corrected chi connectivity index (χ2v) is 8.05. The summed E-state index contributed by atoms with van der Waals surface area (Å²) in [6.45, 7) is 3.19. The average Bonchev–Trinajstić information content (AvgIpc) is 3.19. The number of nitrogens with one attached hydrogen (secondary N) is 1. The summed E-state index contributed by atoms with van der Waals surface area (Å²) < 4.78 is 44.6. The fraction of sp³-hybridized carbons (Fsp3) is 0.350. The zero-order valence-electron chi connectivity index (χ0n) is 16.9. The van der Waals surface area contributed by atoms with Gasteiger partial charge in [-0.1, -0.05) is 0 Å². The number of anilines is 2. The maximum absolute atomic E-state index is 13.1. The smallest absolute Gasteiger partial charge is 0.416 e. The number of halogens is 3. The van der Waals surface area contributed by atoms with Crippen molar-refractivity contribution in [3.8, 4) is 5.88 Å². The topological polar surface area (TPSA) is 70.6 Å². The molecule has 1 aromatic carbocycles. The monoisotopic (exact) mass is 451 g/mol. The fourth-order valence-electron chi connectivity index (χ4n) is 3.46. The van der Waals surface area contributed by atoms with Crippen LogP contribution in [0.1, 0.15) is 11.1 Å². The van der Waals surface area contributed by atoms with E-state index >= 15 is 0 Å². The van der Waals surface area contributed by atoms with E-state index < -0.39 is 11.7 Å². The van der Waals surface area contributed by atoms with E-state index in [0.29, 0.717) is 47.8 Å². The van der Waals surface area contributed by atoms with Crippen molar-refractivity contribution >= 4 is 39.2 Å². The van der Waals surface area contributed by atoms with E-state index in [1.54, 1.807) is 17.9 Å². The lowest BCUT2D eigenvalue weighted by Gasteiger charge is -2.36. The number of aromatic nitrogens is 2. The van der Waals surface area contributed by atoms with Crippen LogP contribution in [-0.2, 0) is 6.18 Å². The summed E-state index contributed by atoms with van der Waals surface area (Å²) in [6, 6.07) is 5.46. The first kappa shape index (κ1) is 21.2. The van der Waals surface area contributed by atoms with Crippen molar-refractivity contribution in [2.75, 3.05) is 43.5 Å². The van der Waals surface area contributed by atoms with Gasteiger partial charge in [0.1, 0.15) is 10.3 Å². The molecule has 4 rings (SSSR count). The molecule has 11 heteroatoms. The molecule has 0 unspecified atom stereocenters. The van der Waals surface area contributed by atoms with Crippen LogP contribution in [0.15, 0.2) is 29.6 Å². The van der Waals surface area contributed by atoms with E-state index in [1.165, 1.54) is 18.4 Å². The Morgan fingerprint density at radius 3 is 2.58 bits per heavy atom. The summed E-state index contributed by atoms with van der Waals surface area (Å²) >= 11 is 1.40. The van der Waals surface area contributed by atoms with Gasteiger partial charge in [0.15, 0.2) is 5.82 Å². The third-order valence-corrected chi connectivity index (χ3v) is 5.80. The Kier molecular flexibility index (Phi) is 5.61. The third-order valence-electron chi connectivity index (χ3n) is 5.00. The first-order valence-corrected chi connectivity index (χ1v) is 10.4. The highest BCUT2D eigenvalue weighted by Crippen LogP contribution is 2.33. The maximum atomic E-state index is 13.1. The van der Waals surface area contributed by atoms with Crippen LogP contribution in [-0.4, -0.2) is 54.2 Å². The Morgan fingerprint density at radius 1 is 1.16 bits per heavy atom. The molecule has 0 saturated carbocycles. The molecule has 2 amide bonds. The van der Waals surface area contributed by atoms with Gasteiger partial charge >= 0.3 is 12.2 Å². The number of methoxy groups -OCH3 is 1. The summed E-state index contributed by atoms with van der Waals surface area (Å²) in [4.78, 5) is 25.6. The van der Waals surface area contributed by atoms with Crippen molar-refractivity contribution in [2.45, 2.75) is 13.1 Å². The zero-order chi connectivity index (χ0) is 22.2. The second-order valence-electron chi connectivity index (χ2n) is 7.15. The van der Waals surface area contributed by atoms with Crippen LogP contribution >= 0.6 is 11.3 Å². The van der Waals surface area contributed by atoms with E-state index in [1.807, 2.05) is 16.3 Å². The average molecular weight is 451 g/mol. The lowest BCUT2D eigenvalue weighted by Crippen LogP contribution is -2.50. The van der Waals surface area contributed by atoms with Crippen molar-refractivity contribution in [3.05, 3.63) is 40.8 Å². The van der Waals surface area contributed by atoms with Gasteiger partial charge in [0.05, 0.1) is 12.7 Å². The number of amides is 2. The van der Waals surface area contributed by atoms with Crippen molar-refractivity contribution in [3.63, 3.8) is 0 Å². The van der Waals surface area contributed by atoms with E-state index in [4.69, 9.17) is 4.74 Å². The normalized spacial score (nSPS) is 14.7. The Morgan fingerprint density at radius 2 is 1.90 bits per heavy atom. The Balaban J connectivity index is 1.43. The van der Waals surface area contributed by atoms with Crippen LogP contribution in [0.3, 0.4) is 0 Å². The molecular weight excluding hydrogens is 431 g/mol. The van der Waals surface area contributed by atoms with Crippen LogP contribution in [0.5, 0.6) is 5.88 Å². The number of ether oxygens (including phenoxy) is 1. The highest BCUT2D eigenvalue weighted by molar-refractivity contribution is 7.16. The number of urea groups is 1. The van der Waals surface area contributed by atoms with Crippen LogP contribution < -0.4 is 15.0 Å². The number of benzene rings is 1. The molecule has 1 N–H and O–H groups in total. The van der Waals surface area contributed by atoms with Gasteiger partial charge in [-0.2, -0.15) is 13.2 Å². The Labute approximate surface area is 180 Å². The standard InChI is InChI=1S/C20H20F3N5O2S/c1-12-9-13(20(21,22)23)11-14(10-12)27-4-6-28(7-5-27)19(29)26-16-17(30-2)24-15-3-8-31-18(15)25-16/h3,8-11H,4-7H2,1-2H3,(H,25,26,29). The molecule has 3 aromatic rings. The minimum atomic E-state index is -4.40. The van der Waals surface area contributed by atoms with Gasteiger partial charge in [-0.25, -0.2) is 14.8 Å². The quantitative estimate of drug-likeness (QED) is 0.640. The molecule has 1 aliphatic rings. The summed E-state index contributed by atoms with van der Waals surface area (Å²) in [5.74, 6) is 0.454. The number of nitrogens with zero attached hydrogens (tertiary/aromatic N) is 4. The molecule has 3 heterocycles. The number of hydrogen-bond donors (Lipinski definition) is 1. The number of carbonyl (C=O) groups is 1. The van der Waals surface area contributed by atoms with E-state index in [9.17, 15) is 18.0 Å². The highest BCUT2D eigenvalue weighted by atomic mass is 32.1. The molecule has 1 aliphatic heterocycles. The van der Waals surface area contributed by atoms with Crippen molar-refractivity contribution in [1.29, 1.82) is 0 Å². The first-order chi connectivity index (χ1) is 14.7. The van der Waals surface area contributed by atoms with E-state index in [-0.39, 0.29) is 17.7 Å². The molecule has 0 aliphatic carbocycles. The molecule has 1 saturated heterocycles. The number of carbonyl (C=O) groups excluding carboxylic acids is 1. The van der Waals surface area contributed by atoms with Gasteiger partial charge in [-0.15, -0.1) is 11.3 Å². The van der Waals surface area contributed by atoms with Crippen molar-refractivity contribution in [1.82, 2.24) is 14.9 Å². The summed E-state index contributed by atoms with van der Waals surface area (Å²) in [5, 5.41) is 4.59. The number of hydrogen-bond acceptors (Lipinski definition) is 6. The highest BCUT2D eigenvalue weighted by Gasteiger charge is 2.32. The van der Waals surface area contributed by atoms with Crippen molar-refractivity contribution in [2.24, 2.45) is 0 Å². The lowest BCUT2D eigenvalue weighted by molar-refractivity contribution is -0.137. The maximum Gasteiger partial charge on any atom is 0.416 e. The molecule has 164 valence electrons. The number of fused-ring (bicyclic) bond motifs is 1. The molecule has 2 aromatic heterocycles. The van der Waals surface area contributed by atoms with Crippen molar-refractivity contribution < 1.29 is 22.7 Å². The van der Waals surface area contributed by atoms with Gasteiger partial charge in [-0.3, -0.25) is 5.32 Å². The summed E-state index contributed by atoms with van der Waals surface area (Å²) in [6.07, 6.45) is -4.40. The molecule has 0 spiro atoms. The summed E-state index contributed by atoms with van der Waals surface area (Å²) in [5.41, 5.74) is 1.06. The number of rotatable bonds is 3. The van der Waals surface area contributed by atoms with E-state index in [2.05, 4.69) is 15.3 Å². The third kappa shape index (κ3) is 4.50. The number of alkyl halides is 3. The van der Waals surface area contributed by atoms with Gasteiger partial charge in [0, 0.05) is 31.9 Å². The van der Waals surface area contributed by atoms with Crippen LogP contribution in [0.4, 0.5) is 29.5 Å². The van der Waals surface area contributed by atoms with Gasteiger partial charge in [0.25, 0.3) is 5.88 Å². The Bertz CT molecular complexity index is 1110. The molecule has 7 nitrogen and oxygen atoms in total. The largest absolute Gasteiger partial charge is 0.478 e. The van der Waals surface area contributed by atoms with Gasteiger partial charge in [-0.05, 0) is 42.1 Å². The lowest BCUT2D eigenvalue weighted by atomic mass is 10.1. The second kappa shape index (κ2) is 8.22. The molecule has 0 atom stereocenters. The van der Waals surface area contributed by atoms with Gasteiger partial charge in [0.2, 0.25) is 0 Å². The van der Waals surface area contributed by atoms with Gasteiger partial charge < -0.3 is 14.5 Å². The predicted molar refractivity (Wildman–Crippen MR) is 113 cm³/mol. The van der Waals surface area contributed by atoms with Crippen LogP contribution in [0.25, 0.3) is 10.3 Å². The minimum Gasteiger partial charge on any atom is -0.478 e. The van der Waals surface area contributed by atoms with Crippen LogP contribution in [0.2, 0.25) is 0 Å². The molecule has 1 fully saturated rings. The number of thiophene rings is 1. The SMILES string of the molecule is COc1nc2ccsc2nc1NC(=O)N1CCN(c2cc(C)cc(C(F)(F)F)c2)CC1. The minimum absolute atomic E-state index is 0.220. The van der Waals surface area contributed by atoms with E-state index in [0.717, 1.165) is 12.1 Å². The molecular formula is C20H20F3N5O2S.